The topological polar surface area (TPSA) is 21.3 Å². The fourth-order valence-corrected chi connectivity index (χ4v) is 3.04. The van der Waals surface area contributed by atoms with Gasteiger partial charge < -0.3 is 10.1 Å². The molecule has 20 heavy (non-hydrogen) atoms. The second kappa shape index (κ2) is 7.36. The summed E-state index contributed by atoms with van der Waals surface area (Å²) in [5.74, 6) is 1.91. The average molecular weight is 287 g/mol. The third-order valence-corrected chi connectivity index (χ3v) is 4.41. The molecule has 0 bridgehead atoms. The lowest BCUT2D eigenvalue weighted by Crippen LogP contribution is -2.18. The van der Waals surface area contributed by atoms with Crippen LogP contribution < -0.4 is 10.1 Å². The summed E-state index contributed by atoms with van der Waals surface area (Å²) >= 11 is 1.85. The molecule has 3 heteroatoms. The number of aryl methyl sites for hydroxylation is 1. The van der Waals surface area contributed by atoms with Gasteiger partial charge in [-0.25, -0.2) is 0 Å². The normalized spacial score (nSPS) is 12.2. The lowest BCUT2D eigenvalue weighted by Gasteiger charge is -2.16. The monoisotopic (exact) mass is 287 g/mol. The Kier molecular flexibility index (Phi) is 5.50. The molecular weight excluding hydrogens is 266 g/mol. The quantitative estimate of drug-likeness (QED) is 0.810. The molecule has 0 fully saturated rings. The smallest absolute Gasteiger partial charge is 0.118 e. The highest BCUT2D eigenvalue weighted by Gasteiger charge is 2.09. The third-order valence-electron chi connectivity index (χ3n) is 3.30. The van der Waals surface area contributed by atoms with E-state index in [4.69, 9.17) is 4.74 Å². The molecule has 0 aromatic heterocycles. The Morgan fingerprint density at radius 2 is 1.70 bits per heavy atom. The Bertz CT molecular complexity index is 522. The summed E-state index contributed by atoms with van der Waals surface area (Å²) in [4.78, 5) is 1.26. The number of rotatable bonds is 6. The minimum Gasteiger partial charge on any atom is -0.497 e. The van der Waals surface area contributed by atoms with Gasteiger partial charge >= 0.3 is 0 Å². The van der Waals surface area contributed by atoms with Crippen molar-refractivity contribution < 1.29 is 4.74 Å². The minimum absolute atomic E-state index is 0.364. The van der Waals surface area contributed by atoms with Crippen LogP contribution >= 0.6 is 11.8 Å². The van der Waals surface area contributed by atoms with E-state index in [0.717, 1.165) is 11.5 Å². The molecule has 2 aromatic rings. The van der Waals surface area contributed by atoms with E-state index in [1.54, 1.807) is 7.11 Å². The number of nitrogens with one attached hydrogen (secondary N) is 1. The van der Waals surface area contributed by atoms with Gasteiger partial charge in [0.15, 0.2) is 0 Å². The summed E-state index contributed by atoms with van der Waals surface area (Å²) in [6.45, 7) is 2.12. The molecule has 2 aromatic carbocycles. The largest absolute Gasteiger partial charge is 0.497 e. The van der Waals surface area contributed by atoms with E-state index in [2.05, 4.69) is 48.6 Å². The minimum atomic E-state index is 0.364. The molecule has 1 atom stereocenters. The highest BCUT2D eigenvalue weighted by atomic mass is 32.2. The highest BCUT2D eigenvalue weighted by Crippen LogP contribution is 2.26. The van der Waals surface area contributed by atoms with E-state index in [9.17, 15) is 0 Å². The standard InChI is InChI=1S/C17H21NOS/c1-13-4-6-14(7-5-13)17(18-2)12-20-16-10-8-15(19-3)9-11-16/h4-11,17-18H,12H2,1-3H3. The molecule has 0 radical (unpaired) electrons. The molecular formula is C17H21NOS. The number of ether oxygens (including phenoxy) is 1. The van der Waals surface area contributed by atoms with E-state index in [1.165, 1.54) is 16.0 Å². The third kappa shape index (κ3) is 4.02. The van der Waals surface area contributed by atoms with Crippen molar-refractivity contribution in [2.24, 2.45) is 0 Å². The summed E-state index contributed by atoms with van der Waals surface area (Å²) in [6.07, 6.45) is 0. The first-order chi connectivity index (χ1) is 9.72. The summed E-state index contributed by atoms with van der Waals surface area (Å²) in [5, 5.41) is 3.39. The van der Waals surface area contributed by atoms with E-state index in [0.29, 0.717) is 6.04 Å². The van der Waals surface area contributed by atoms with E-state index < -0.39 is 0 Å². The molecule has 2 rings (SSSR count). The lowest BCUT2D eigenvalue weighted by atomic mass is 10.1. The van der Waals surface area contributed by atoms with Gasteiger partial charge in [-0.1, -0.05) is 29.8 Å². The number of hydrogen-bond donors (Lipinski definition) is 1. The zero-order valence-electron chi connectivity index (χ0n) is 12.2. The van der Waals surface area contributed by atoms with Crippen LogP contribution in [0, 0.1) is 6.92 Å². The maximum Gasteiger partial charge on any atom is 0.118 e. The molecule has 0 aliphatic rings. The van der Waals surface area contributed by atoms with Gasteiger partial charge in [-0.3, -0.25) is 0 Å². The van der Waals surface area contributed by atoms with Crippen LogP contribution in [0.5, 0.6) is 5.75 Å². The molecule has 0 spiro atoms. The summed E-state index contributed by atoms with van der Waals surface area (Å²) < 4.78 is 5.17. The Balaban J connectivity index is 1.97. The summed E-state index contributed by atoms with van der Waals surface area (Å²) in [6, 6.07) is 17.3. The SMILES string of the molecule is CNC(CSc1ccc(OC)cc1)c1ccc(C)cc1. The van der Waals surface area contributed by atoms with Crippen molar-refractivity contribution >= 4 is 11.8 Å². The van der Waals surface area contributed by atoms with Crippen LogP contribution in [0.25, 0.3) is 0 Å². The molecule has 0 aliphatic heterocycles. The van der Waals surface area contributed by atoms with Gasteiger partial charge in [-0.2, -0.15) is 0 Å². The van der Waals surface area contributed by atoms with Crippen molar-refractivity contribution in [2.75, 3.05) is 19.9 Å². The van der Waals surface area contributed by atoms with Crippen molar-refractivity contribution in [3.05, 3.63) is 59.7 Å². The number of methoxy groups -OCH3 is 1. The average Bonchev–Trinajstić information content (AvgIpc) is 2.50. The number of thioether (sulfide) groups is 1. The van der Waals surface area contributed by atoms with Crippen LogP contribution in [0.1, 0.15) is 17.2 Å². The first-order valence-electron chi connectivity index (χ1n) is 6.73. The zero-order chi connectivity index (χ0) is 14.4. The number of benzene rings is 2. The molecule has 0 saturated heterocycles. The van der Waals surface area contributed by atoms with Crippen molar-refractivity contribution in [3.63, 3.8) is 0 Å². The molecule has 106 valence electrons. The number of hydrogen-bond acceptors (Lipinski definition) is 3. The first kappa shape index (κ1) is 14.9. The Hall–Kier alpha value is -1.45. The molecule has 1 unspecified atom stereocenters. The van der Waals surface area contributed by atoms with Crippen LogP contribution in [0.15, 0.2) is 53.4 Å². The highest BCUT2D eigenvalue weighted by molar-refractivity contribution is 7.99. The van der Waals surface area contributed by atoms with Gasteiger partial charge in [-0.15, -0.1) is 11.8 Å². The predicted octanol–water partition coefficient (Wildman–Crippen LogP) is 4.06. The predicted molar refractivity (Wildman–Crippen MR) is 86.7 cm³/mol. The fourth-order valence-electron chi connectivity index (χ4n) is 2.00. The van der Waals surface area contributed by atoms with Crippen LogP contribution in [-0.2, 0) is 0 Å². The first-order valence-corrected chi connectivity index (χ1v) is 7.72. The van der Waals surface area contributed by atoms with E-state index in [-0.39, 0.29) is 0 Å². The molecule has 0 amide bonds. The molecule has 1 N–H and O–H groups in total. The van der Waals surface area contributed by atoms with Crippen molar-refractivity contribution in [3.8, 4) is 5.75 Å². The Labute approximate surface area is 125 Å². The van der Waals surface area contributed by atoms with Crippen molar-refractivity contribution in [2.45, 2.75) is 17.9 Å². The van der Waals surface area contributed by atoms with Crippen LogP contribution in [0.4, 0.5) is 0 Å². The van der Waals surface area contributed by atoms with Crippen LogP contribution in [0.2, 0.25) is 0 Å². The van der Waals surface area contributed by atoms with E-state index >= 15 is 0 Å². The molecule has 0 aliphatic carbocycles. The van der Waals surface area contributed by atoms with Crippen LogP contribution in [0.3, 0.4) is 0 Å². The molecule has 2 nitrogen and oxygen atoms in total. The van der Waals surface area contributed by atoms with Gasteiger partial charge in [0.2, 0.25) is 0 Å². The fraction of sp³-hybridized carbons (Fsp3) is 0.294. The Morgan fingerprint density at radius 3 is 2.25 bits per heavy atom. The van der Waals surface area contributed by atoms with Gasteiger partial charge in [0.05, 0.1) is 7.11 Å². The zero-order valence-corrected chi connectivity index (χ0v) is 13.0. The van der Waals surface area contributed by atoms with Gasteiger partial charge in [0.25, 0.3) is 0 Å². The van der Waals surface area contributed by atoms with Gasteiger partial charge in [0.1, 0.15) is 5.75 Å². The van der Waals surface area contributed by atoms with E-state index in [1.807, 2.05) is 30.9 Å². The summed E-state index contributed by atoms with van der Waals surface area (Å²) in [5.41, 5.74) is 2.63. The van der Waals surface area contributed by atoms with Gasteiger partial charge in [0, 0.05) is 16.7 Å². The second-order valence-electron chi connectivity index (χ2n) is 4.74. The van der Waals surface area contributed by atoms with Gasteiger partial charge in [-0.05, 0) is 43.8 Å². The van der Waals surface area contributed by atoms with Crippen molar-refractivity contribution in [1.29, 1.82) is 0 Å². The second-order valence-corrected chi connectivity index (χ2v) is 5.83. The maximum atomic E-state index is 5.17. The summed E-state index contributed by atoms with van der Waals surface area (Å²) in [7, 11) is 3.70. The van der Waals surface area contributed by atoms with Crippen LogP contribution in [-0.4, -0.2) is 19.9 Å². The molecule has 0 saturated carbocycles. The lowest BCUT2D eigenvalue weighted by molar-refractivity contribution is 0.414. The maximum absolute atomic E-state index is 5.17. The molecule has 0 heterocycles. The van der Waals surface area contributed by atoms with Crippen molar-refractivity contribution in [1.82, 2.24) is 5.32 Å². The Morgan fingerprint density at radius 1 is 1.05 bits per heavy atom.